The highest BCUT2D eigenvalue weighted by atomic mass is 16.5. The molecule has 0 heterocycles. The van der Waals surface area contributed by atoms with E-state index in [1.807, 2.05) is 13.8 Å². The molecule has 0 aromatic heterocycles. The van der Waals surface area contributed by atoms with Crippen molar-refractivity contribution in [3.05, 3.63) is 0 Å². The summed E-state index contributed by atoms with van der Waals surface area (Å²) >= 11 is 0. The molecule has 2 saturated carbocycles. The van der Waals surface area contributed by atoms with E-state index in [2.05, 4.69) is 13.8 Å². The summed E-state index contributed by atoms with van der Waals surface area (Å²) in [7, 11) is 0. The predicted molar refractivity (Wildman–Crippen MR) is 79.5 cm³/mol. The molecule has 0 radical (unpaired) electrons. The zero-order valence-electron chi connectivity index (χ0n) is 13.4. The highest BCUT2D eigenvalue weighted by Crippen LogP contribution is 2.55. The SMILES string of the molecule is CC(OCCC(C)(C)O)C1CCC2C(=O)CCC[C@@]21C. The molecule has 3 unspecified atom stereocenters. The van der Waals surface area contributed by atoms with Crippen molar-refractivity contribution < 1.29 is 14.6 Å². The van der Waals surface area contributed by atoms with E-state index < -0.39 is 5.60 Å². The Kier molecular flexibility index (Phi) is 4.60. The van der Waals surface area contributed by atoms with Gasteiger partial charge in [0.05, 0.1) is 11.7 Å². The Morgan fingerprint density at radius 2 is 2.15 bits per heavy atom. The van der Waals surface area contributed by atoms with Crippen LogP contribution in [0.5, 0.6) is 0 Å². The van der Waals surface area contributed by atoms with Crippen LogP contribution in [0.3, 0.4) is 0 Å². The highest BCUT2D eigenvalue weighted by molar-refractivity contribution is 5.83. The van der Waals surface area contributed by atoms with E-state index in [0.29, 0.717) is 24.7 Å². The van der Waals surface area contributed by atoms with Crippen LogP contribution in [0.4, 0.5) is 0 Å². The van der Waals surface area contributed by atoms with Gasteiger partial charge < -0.3 is 9.84 Å². The second kappa shape index (κ2) is 5.76. The van der Waals surface area contributed by atoms with Crippen LogP contribution < -0.4 is 0 Å². The van der Waals surface area contributed by atoms with Gasteiger partial charge in [0.25, 0.3) is 0 Å². The maximum absolute atomic E-state index is 12.1. The van der Waals surface area contributed by atoms with Crippen LogP contribution in [0.15, 0.2) is 0 Å². The molecule has 0 amide bonds. The number of hydrogen-bond acceptors (Lipinski definition) is 3. The summed E-state index contributed by atoms with van der Waals surface area (Å²) in [5.41, 5.74) is -0.522. The predicted octanol–water partition coefficient (Wildman–Crippen LogP) is 3.34. The fourth-order valence-electron chi connectivity index (χ4n) is 4.35. The summed E-state index contributed by atoms with van der Waals surface area (Å²) in [5.74, 6) is 1.23. The van der Waals surface area contributed by atoms with Crippen molar-refractivity contribution in [3.63, 3.8) is 0 Å². The first-order valence-electron chi connectivity index (χ1n) is 8.11. The normalized spacial score (nSPS) is 36.0. The van der Waals surface area contributed by atoms with Crippen LogP contribution in [-0.2, 0) is 9.53 Å². The molecule has 3 nitrogen and oxygen atoms in total. The molecule has 2 fully saturated rings. The molecule has 20 heavy (non-hydrogen) atoms. The minimum atomic E-state index is -0.664. The van der Waals surface area contributed by atoms with Gasteiger partial charge in [-0.3, -0.25) is 4.79 Å². The Morgan fingerprint density at radius 3 is 2.80 bits per heavy atom. The molecule has 0 aromatic rings. The third-order valence-electron chi connectivity index (χ3n) is 5.60. The monoisotopic (exact) mass is 282 g/mol. The number of fused-ring (bicyclic) bond motifs is 1. The van der Waals surface area contributed by atoms with Crippen molar-refractivity contribution in [3.8, 4) is 0 Å². The molecule has 0 saturated heterocycles. The molecule has 1 N–H and O–H groups in total. The first-order valence-corrected chi connectivity index (χ1v) is 8.11. The van der Waals surface area contributed by atoms with Gasteiger partial charge in [0.15, 0.2) is 0 Å². The zero-order chi connectivity index (χ0) is 15.0. The van der Waals surface area contributed by atoms with Crippen LogP contribution in [0.2, 0.25) is 0 Å². The van der Waals surface area contributed by atoms with Crippen molar-refractivity contribution in [1.29, 1.82) is 0 Å². The van der Waals surface area contributed by atoms with E-state index in [1.165, 1.54) is 0 Å². The van der Waals surface area contributed by atoms with Crippen molar-refractivity contribution in [1.82, 2.24) is 0 Å². The topological polar surface area (TPSA) is 46.5 Å². The molecule has 0 aliphatic heterocycles. The van der Waals surface area contributed by atoms with Gasteiger partial charge in [0.2, 0.25) is 0 Å². The zero-order valence-corrected chi connectivity index (χ0v) is 13.4. The second-order valence-electron chi connectivity index (χ2n) is 7.70. The second-order valence-corrected chi connectivity index (χ2v) is 7.70. The summed E-state index contributed by atoms with van der Waals surface area (Å²) in [4.78, 5) is 12.1. The molecule has 0 bridgehead atoms. The van der Waals surface area contributed by atoms with Gasteiger partial charge >= 0.3 is 0 Å². The fourth-order valence-corrected chi connectivity index (χ4v) is 4.35. The summed E-state index contributed by atoms with van der Waals surface area (Å²) < 4.78 is 5.98. The molecule has 2 aliphatic carbocycles. The third kappa shape index (κ3) is 3.25. The smallest absolute Gasteiger partial charge is 0.136 e. The number of ether oxygens (including phenoxy) is 1. The number of carbonyl (C=O) groups is 1. The van der Waals surface area contributed by atoms with Crippen LogP contribution >= 0.6 is 0 Å². The van der Waals surface area contributed by atoms with Crippen molar-refractivity contribution >= 4 is 5.78 Å². The average Bonchev–Trinajstić information content (AvgIpc) is 2.66. The molecular formula is C17H30O3. The molecular weight excluding hydrogens is 252 g/mol. The average molecular weight is 282 g/mol. The van der Waals surface area contributed by atoms with Gasteiger partial charge in [0.1, 0.15) is 5.78 Å². The largest absolute Gasteiger partial charge is 0.390 e. The van der Waals surface area contributed by atoms with Gasteiger partial charge in [-0.15, -0.1) is 0 Å². The molecule has 3 heteroatoms. The van der Waals surface area contributed by atoms with Crippen LogP contribution in [0.25, 0.3) is 0 Å². The van der Waals surface area contributed by atoms with Crippen molar-refractivity contribution in [2.75, 3.05) is 6.61 Å². The molecule has 4 atom stereocenters. The lowest BCUT2D eigenvalue weighted by molar-refractivity contribution is -0.131. The fraction of sp³-hybridized carbons (Fsp3) is 0.941. The van der Waals surface area contributed by atoms with Gasteiger partial charge in [-0.25, -0.2) is 0 Å². The number of aliphatic hydroxyl groups is 1. The van der Waals surface area contributed by atoms with Crippen LogP contribution in [-0.4, -0.2) is 29.2 Å². The number of rotatable bonds is 5. The van der Waals surface area contributed by atoms with E-state index >= 15 is 0 Å². The molecule has 0 aromatic carbocycles. The highest BCUT2D eigenvalue weighted by Gasteiger charge is 2.52. The summed E-state index contributed by atoms with van der Waals surface area (Å²) in [6.45, 7) is 8.65. The van der Waals surface area contributed by atoms with E-state index in [4.69, 9.17) is 4.74 Å². The van der Waals surface area contributed by atoms with E-state index in [-0.39, 0.29) is 17.4 Å². The number of hydrogen-bond donors (Lipinski definition) is 1. The molecule has 2 aliphatic rings. The van der Waals surface area contributed by atoms with Gasteiger partial charge in [-0.1, -0.05) is 6.92 Å². The summed E-state index contributed by atoms with van der Waals surface area (Å²) in [6.07, 6.45) is 5.96. The first-order chi connectivity index (χ1) is 9.24. The van der Waals surface area contributed by atoms with Gasteiger partial charge in [0, 0.05) is 18.9 Å². The van der Waals surface area contributed by atoms with E-state index in [9.17, 15) is 9.90 Å². The lowest BCUT2D eigenvalue weighted by Crippen LogP contribution is -2.41. The van der Waals surface area contributed by atoms with Gasteiger partial charge in [-0.05, 0) is 64.2 Å². The first kappa shape index (κ1) is 16.0. The van der Waals surface area contributed by atoms with Crippen molar-refractivity contribution in [2.45, 2.75) is 77.9 Å². The number of ketones is 1. The minimum absolute atomic E-state index is 0.142. The van der Waals surface area contributed by atoms with Crippen LogP contribution in [0.1, 0.15) is 66.2 Å². The molecule has 0 spiro atoms. The maximum atomic E-state index is 12.1. The minimum Gasteiger partial charge on any atom is -0.390 e. The lowest BCUT2D eigenvalue weighted by Gasteiger charge is -2.42. The standard InChI is InChI=1S/C17H30O3/c1-12(20-11-10-16(2,3)19)13-7-8-14-15(18)6-5-9-17(13,14)4/h12-14,19H,5-11H2,1-4H3/t12?,13?,14?,17-/m1/s1. The number of Topliss-reactive ketones (excluding diaryl/α,β-unsaturated/α-hetero) is 1. The summed E-state index contributed by atoms with van der Waals surface area (Å²) in [5, 5.41) is 9.74. The maximum Gasteiger partial charge on any atom is 0.136 e. The molecule has 2 rings (SSSR count). The van der Waals surface area contributed by atoms with Crippen molar-refractivity contribution in [2.24, 2.45) is 17.3 Å². The Bertz CT molecular complexity index is 358. The van der Waals surface area contributed by atoms with E-state index in [1.54, 1.807) is 0 Å². The van der Waals surface area contributed by atoms with Gasteiger partial charge in [-0.2, -0.15) is 0 Å². The number of carbonyl (C=O) groups excluding carboxylic acids is 1. The summed E-state index contributed by atoms with van der Waals surface area (Å²) in [6, 6.07) is 0. The van der Waals surface area contributed by atoms with Crippen LogP contribution in [0, 0.1) is 17.3 Å². The third-order valence-corrected chi connectivity index (χ3v) is 5.60. The Balaban J connectivity index is 1.93. The Labute approximate surface area is 123 Å². The Morgan fingerprint density at radius 1 is 1.45 bits per heavy atom. The Hall–Kier alpha value is -0.410. The lowest BCUT2D eigenvalue weighted by atomic mass is 9.64. The van der Waals surface area contributed by atoms with E-state index in [0.717, 1.165) is 32.1 Å². The molecule has 116 valence electrons. The quantitative estimate of drug-likeness (QED) is 0.841.